The summed E-state index contributed by atoms with van der Waals surface area (Å²) in [5.74, 6) is -4.74. The van der Waals surface area contributed by atoms with Crippen LogP contribution in [0.25, 0.3) is 0 Å². The Hall–Kier alpha value is -2.46. The fraction of sp³-hybridized carbons (Fsp3) is 0.263. The molecule has 32 heavy (non-hydrogen) atoms. The highest BCUT2D eigenvalue weighted by molar-refractivity contribution is 14.1. The minimum Gasteiger partial charge on any atom is -0.394 e. The standard InChI is InChI=1S/C19H19F3IN3O6/c20-14-6-11(23)1-2-15(14)25-18-13(19(30)26-32-9-12(29)8-28)5-10(16(21)17(18)22)7-24-31-4-3-27/h1-2,5-7,12,25,27-29H,3-4,8-9H2,(H,26,30)/b24-7-. The number of amides is 1. The number of carbonyl (C=O) groups is 1. The molecule has 0 aliphatic heterocycles. The van der Waals surface area contributed by atoms with Crippen LogP contribution >= 0.6 is 22.6 Å². The van der Waals surface area contributed by atoms with E-state index in [9.17, 15) is 23.1 Å². The van der Waals surface area contributed by atoms with Gasteiger partial charge in [0.2, 0.25) is 0 Å². The van der Waals surface area contributed by atoms with Crippen molar-refractivity contribution in [2.45, 2.75) is 6.10 Å². The predicted octanol–water partition coefficient (Wildman–Crippen LogP) is 1.81. The lowest BCUT2D eigenvalue weighted by Crippen LogP contribution is -2.30. The van der Waals surface area contributed by atoms with E-state index in [1.54, 1.807) is 0 Å². The molecule has 1 amide bonds. The van der Waals surface area contributed by atoms with Gasteiger partial charge in [-0.2, -0.15) is 0 Å². The van der Waals surface area contributed by atoms with Gasteiger partial charge in [0.05, 0.1) is 36.4 Å². The summed E-state index contributed by atoms with van der Waals surface area (Å²) >= 11 is 1.87. The Bertz CT molecular complexity index is 980. The monoisotopic (exact) mass is 569 g/mol. The van der Waals surface area contributed by atoms with Crippen molar-refractivity contribution in [3.63, 3.8) is 0 Å². The number of nitrogens with one attached hydrogen (secondary N) is 2. The van der Waals surface area contributed by atoms with Crippen LogP contribution < -0.4 is 10.8 Å². The van der Waals surface area contributed by atoms with Crippen molar-refractivity contribution in [1.29, 1.82) is 0 Å². The van der Waals surface area contributed by atoms with E-state index in [0.717, 1.165) is 18.3 Å². The molecule has 2 aromatic carbocycles. The molecule has 0 saturated carbocycles. The van der Waals surface area contributed by atoms with Gasteiger partial charge in [-0.25, -0.2) is 18.7 Å². The lowest BCUT2D eigenvalue weighted by atomic mass is 10.1. The topological polar surface area (TPSA) is 133 Å². The molecule has 0 heterocycles. The first-order chi connectivity index (χ1) is 15.3. The second kappa shape index (κ2) is 12.5. The fourth-order valence-electron chi connectivity index (χ4n) is 2.27. The van der Waals surface area contributed by atoms with Gasteiger partial charge in [0.15, 0.2) is 11.6 Å². The molecule has 0 aromatic heterocycles. The summed E-state index contributed by atoms with van der Waals surface area (Å²) in [4.78, 5) is 21.9. The number of aliphatic hydroxyl groups is 3. The van der Waals surface area contributed by atoms with Gasteiger partial charge in [0.1, 0.15) is 25.1 Å². The first kappa shape index (κ1) is 25.8. The Kier molecular flexibility index (Phi) is 10.1. The maximum atomic E-state index is 14.9. The Morgan fingerprint density at radius 1 is 1.22 bits per heavy atom. The maximum Gasteiger partial charge on any atom is 0.277 e. The van der Waals surface area contributed by atoms with Crippen LogP contribution in [0.5, 0.6) is 0 Å². The molecule has 174 valence electrons. The van der Waals surface area contributed by atoms with Crippen LogP contribution in [0, 0.1) is 21.0 Å². The molecule has 0 radical (unpaired) electrons. The molecule has 2 rings (SSSR count). The number of oxime groups is 1. The highest BCUT2D eigenvalue weighted by atomic mass is 127. The summed E-state index contributed by atoms with van der Waals surface area (Å²) in [6.07, 6.45) is -0.499. The van der Waals surface area contributed by atoms with Gasteiger partial charge < -0.3 is 25.5 Å². The minimum absolute atomic E-state index is 0.194. The van der Waals surface area contributed by atoms with Gasteiger partial charge >= 0.3 is 0 Å². The van der Waals surface area contributed by atoms with Gasteiger partial charge in [0.25, 0.3) is 5.91 Å². The van der Waals surface area contributed by atoms with Crippen LogP contribution in [0.2, 0.25) is 0 Å². The van der Waals surface area contributed by atoms with Crippen molar-refractivity contribution in [2.75, 3.05) is 31.7 Å². The van der Waals surface area contributed by atoms with Crippen LogP contribution in [-0.4, -0.2) is 60.0 Å². The van der Waals surface area contributed by atoms with Gasteiger partial charge in [-0.15, -0.1) is 0 Å². The first-order valence-electron chi connectivity index (χ1n) is 8.99. The molecule has 9 nitrogen and oxygen atoms in total. The first-order valence-corrected chi connectivity index (χ1v) is 10.1. The normalized spacial score (nSPS) is 12.1. The largest absolute Gasteiger partial charge is 0.394 e. The van der Waals surface area contributed by atoms with Crippen molar-refractivity contribution < 1.29 is 43.0 Å². The van der Waals surface area contributed by atoms with Gasteiger partial charge in [-0.05, 0) is 46.9 Å². The zero-order valence-electron chi connectivity index (χ0n) is 16.3. The molecule has 0 bridgehead atoms. The average molecular weight is 569 g/mol. The third kappa shape index (κ3) is 7.03. The number of anilines is 2. The quantitative estimate of drug-likeness (QED) is 0.121. The molecule has 0 aliphatic rings. The second-order valence-electron chi connectivity index (χ2n) is 6.14. The maximum absolute atomic E-state index is 14.9. The van der Waals surface area contributed by atoms with E-state index in [4.69, 9.17) is 15.1 Å². The molecule has 0 saturated heterocycles. The molecular formula is C19H19F3IN3O6. The summed E-state index contributed by atoms with van der Waals surface area (Å²) in [5.41, 5.74) is 0.0608. The van der Waals surface area contributed by atoms with E-state index in [-0.39, 0.29) is 18.9 Å². The summed E-state index contributed by atoms with van der Waals surface area (Å²) < 4.78 is 44.2. The van der Waals surface area contributed by atoms with Gasteiger partial charge in [-0.3, -0.25) is 9.63 Å². The third-order valence-electron chi connectivity index (χ3n) is 3.77. The van der Waals surface area contributed by atoms with Crippen LogP contribution in [0.3, 0.4) is 0 Å². The Morgan fingerprint density at radius 3 is 2.62 bits per heavy atom. The van der Waals surface area contributed by atoms with Gasteiger partial charge in [-0.1, -0.05) is 5.16 Å². The third-order valence-corrected chi connectivity index (χ3v) is 4.44. The van der Waals surface area contributed by atoms with Crippen molar-refractivity contribution in [3.8, 4) is 0 Å². The molecule has 5 N–H and O–H groups in total. The Labute approximate surface area is 193 Å². The zero-order chi connectivity index (χ0) is 23.7. The summed E-state index contributed by atoms with van der Waals surface area (Å²) in [7, 11) is 0. The van der Waals surface area contributed by atoms with E-state index < -0.39 is 59.5 Å². The second-order valence-corrected chi connectivity index (χ2v) is 7.38. The van der Waals surface area contributed by atoms with Crippen molar-refractivity contribution in [3.05, 3.63) is 56.4 Å². The van der Waals surface area contributed by atoms with Gasteiger partial charge in [0, 0.05) is 9.13 Å². The van der Waals surface area contributed by atoms with E-state index in [1.807, 2.05) is 28.1 Å². The number of hydrogen-bond acceptors (Lipinski definition) is 8. The summed E-state index contributed by atoms with van der Waals surface area (Å²) in [6, 6.07) is 4.86. The molecule has 1 atom stereocenters. The van der Waals surface area contributed by atoms with Crippen LogP contribution in [0.4, 0.5) is 24.5 Å². The SMILES string of the molecule is O=C(NOCC(O)CO)c1cc(/C=N\OCCO)c(F)c(F)c1Nc1ccc(I)cc1F. The fourth-order valence-corrected chi connectivity index (χ4v) is 2.72. The van der Waals surface area contributed by atoms with E-state index in [2.05, 4.69) is 15.3 Å². The number of nitrogens with zero attached hydrogens (tertiary/aromatic N) is 1. The minimum atomic E-state index is -1.50. The number of benzene rings is 2. The van der Waals surface area contributed by atoms with Crippen LogP contribution in [0.1, 0.15) is 15.9 Å². The molecule has 2 aromatic rings. The molecule has 1 unspecified atom stereocenters. The predicted molar refractivity (Wildman–Crippen MR) is 116 cm³/mol. The molecule has 0 spiro atoms. The summed E-state index contributed by atoms with van der Waals surface area (Å²) in [5, 5.41) is 32.4. The highest BCUT2D eigenvalue weighted by Crippen LogP contribution is 2.30. The highest BCUT2D eigenvalue weighted by Gasteiger charge is 2.23. The van der Waals surface area contributed by atoms with Crippen molar-refractivity contribution in [1.82, 2.24) is 5.48 Å². The average Bonchev–Trinajstić information content (AvgIpc) is 2.76. The number of halogens is 4. The molecule has 0 aliphatic carbocycles. The molecular weight excluding hydrogens is 550 g/mol. The number of aliphatic hydroxyl groups excluding tert-OH is 3. The number of hydrogen-bond donors (Lipinski definition) is 5. The number of carbonyl (C=O) groups excluding carboxylic acids is 1. The van der Waals surface area contributed by atoms with Crippen molar-refractivity contribution >= 4 is 46.1 Å². The Balaban J connectivity index is 2.43. The summed E-state index contributed by atoms with van der Waals surface area (Å²) in [6.45, 7) is -1.66. The molecule has 13 heteroatoms. The lowest BCUT2D eigenvalue weighted by Gasteiger charge is -2.16. The zero-order valence-corrected chi connectivity index (χ0v) is 18.5. The van der Waals surface area contributed by atoms with E-state index >= 15 is 0 Å². The van der Waals surface area contributed by atoms with Crippen LogP contribution in [-0.2, 0) is 9.68 Å². The van der Waals surface area contributed by atoms with Crippen molar-refractivity contribution in [2.24, 2.45) is 5.16 Å². The van der Waals surface area contributed by atoms with Crippen LogP contribution in [0.15, 0.2) is 29.4 Å². The van der Waals surface area contributed by atoms with E-state index in [0.29, 0.717) is 3.57 Å². The number of rotatable bonds is 11. The number of hydroxylamine groups is 1. The Morgan fingerprint density at radius 2 is 1.97 bits per heavy atom. The lowest BCUT2D eigenvalue weighted by molar-refractivity contribution is -0.0295. The molecule has 0 fully saturated rings. The smallest absolute Gasteiger partial charge is 0.277 e. The van der Waals surface area contributed by atoms with E-state index in [1.165, 1.54) is 12.1 Å².